The zero-order valence-corrected chi connectivity index (χ0v) is 28.7. The van der Waals surface area contributed by atoms with E-state index in [1.165, 1.54) is 21.8 Å². The van der Waals surface area contributed by atoms with Crippen LogP contribution in [0.15, 0.2) is 22.2 Å². The molecule has 0 spiro atoms. The zero-order valence-electron chi connectivity index (χ0n) is 24.3. The third-order valence-corrected chi connectivity index (χ3v) is 11.3. The number of nitrogens with one attached hydrogen (secondary N) is 1. The molecule has 2 fully saturated rings. The van der Waals surface area contributed by atoms with Gasteiger partial charge in [-0.15, -0.1) is 0 Å². The minimum absolute atomic E-state index is 0.0204. The number of H-pyrrole nitrogens is 1. The second-order valence-corrected chi connectivity index (χ2v) is 17.5. The predicted octanol–water partition coefficient (Wildman–Crippen LogP) is 1.06. The van der Waals surface area contributed by atoms with Crippen molar-refractivity contribution in [2.75, 3.05) is 24.7 Å². The normalized spacial score (nSPS) is 30.6. The van der Waals surface area contributed by atoms with E-state index in [0.717, 1.165) is 11.3 Å². The number of thiol groups is 2. The van der Waals surface area contributed by atoms with E-state index in [0.29, 0.717) is 4.70 Å². The van der Waals surface area contributed by atoms with E-state index in [-0.39, 0.29) is 35.2 Å². The molecule has 0 amide bonds. The fraction of sp³-hybridized carbons (Fsp3) is 0.545. The second-order valence-electron chi connectivity index (χ2n) is 10.9. The molecule has 25 heteroatoms. The number of hydrogen-bond acceptors (Lipinski definition) is 17. The highest BCUT2D eigenvalue weighted by atomic mass is 32.7. The molecule has 6 rings (SSSR count). The lowest BCUT2D eigenvalue weighted by molar-refractivity contribution is -0.0531. The summed E-state index contributed by atoms with van der Waals surface area (Å²) in [5.41, 5.74) is 11.1. The van der Waals surface area contributed by atoms with Crippen LogP contribution in [0.25, 0.3) is 21.5 Å². The largest absolute Gasteiger partial charge is 0.388 e. The number of aliphatic hydroxyl groups is 1. The Kier molecular flexibility index (Phi) is 9.39. The highest BCUT2D eigenvalue weighted by Crippen LogP contribution is 2.58. The average Bonchev–Trinajstić information content (AvgIpc) is 3.71. The molecule has 0 radical (unpaired) electrons. The van der Waals surface area contributed by atoms with Gasteiger partial charge in [-0.1, -0.05) is 49.7 Å². The van der Waals surface area contributed by atoms with Gasteiger partial charge in [0.05, 0.1) is 31.7 Å². The minimum atomic E-state index is -4.27. The summed E-state index contributed by atoms with van der Waals surface area (Å²) >= 11 is 8.50. The van der Waals surface area contributed by atoms with E-state index in [2.05, 4.69) is 49.4 Å². The molecule has 2 aliphatic heterocycles. The van der Waals surface area contributed by atoms with E-state index in [4.69, 9.17) is 34.5 Å². The number of ether oxygens (including phenoxy) is 2. The molecule has 2 saturated heterocycles. The van der Waals surface area contributed by atoms with Crippen LogP contribution < -0.4 is 21.9 Å². The van der Waals surface area contributed by atoms with Crippen molar-refractivity contribution >= 4 is 82.7 Å². The number of anilines is 2. The van der Waals surface area contributed by atoms with Crippen LogP contribution in [0.1, 0.15) is 26.3 Å². The van der Waals surface area contributed by atoms with Gasteiger partial charge >= 0.3 is 18.5 Å². The number of rotatable bonds is 10. The lowest BCUT2D eigenvalue weighted by Gasteiger charge is -2.26. The first-order chi connectivity index (χ1) is 22.0. The number of aliphatic hydroxyl groups excluding tert-OH is 1. The maximum absolute atomic E-state index is 13.7. The van der Waals surface area contributed by atoms with Crippen molar-refractivity contribution in [3.63, 3.8) is 0 Å². The van der Waals surface area contributed by atoms with E-state index >= 15 is 0 Å². The summed E-state index contributed by atoms with van der Waals surface area (Å²) < 4.78 is 56.8. The summed E-state index contributed by atoms with van der Waals surface area (Å²) in [5.74, 6) is -1.39. The molecule has 7 N–H and O–H groups in total. The maximum Gasteiger partial charge on any atom is 0.386 e. The molecule has 47 heavy (non-hydrogen) atoms. The number of imidazole rings is 1. The van der Waals surface area contributed by atoms with Gasteiger partial charge in [-0.25, -0.2) is 24.1 Å². The van der Waals surface area contributed by atoms with Gasteiger partial charge in [-0.05, 0) is 0 Å². The first-order valence-corrected chi connectivity index (χ1v) is 20.0. The molecule has 4 aromatic heterocycles. The monoisotopic (exact) mass is 753 g/mol. The standard InChI is InChI=1S/C22H29N9O11P2S3/c1-7-9(40-19(12(7)32)31-17-14(47-22(31)34)15(23)25-5-26-17)4-39-44(37,46)42-13-8(2)10(3-38-43(35,36)45)41-20(13)30-6-27-11-16(30)28-21(24)29-18(11)33/h5-10,12-13,19-20,32H,3-4H2,1-2H3,(H,37,46)(H2,23,25,26)(H2,35,36,45)(H3,24,28,29,33)/t7-,8?,9+,10+,12?,13-,19+,20+,44?/m0/s1. The summed E-state index contributed by atoms with van der Waals surface area (Å²) in [6, 6.07) is 0. The zero-order chi connectivity index (χ0) is 34.0. The second kappa shape index (κ2) is 12.8. The number of nitrogen functional groups attached to an aromatic ring is 2. The summed E-state index contributed by atoms with van der Waals surface area (Å²) in [6.07, 6.45) is -3.99. The number of fused-ring (bicyclic) bond motifs is 2. The van der Waals surface area contributed by atoms with Gasteiger partial charge in [0.25, 0.3) is 5.56 Å². The molecule has 0 saturated carbocycles. The molecular formula is C22H29N9O11P2S3. The Morgan fingerprint density at radius 1 is 1.04 bits per heavy atom. The Labute approximate surface area is 278 Å². The van der Waals surface area contributed by atoms with Crippen LogP contribution >= 0.6 is 49.4 Å². The van der Waals surface area contributed by atoms with Crippen LogP contribution in [0.5, 0.6) is 0 Å². The van der Waals surface area contributed by atoms with Gasteiger partial charge in [-0.2, -0.15) is 4.98 Å². The van der Waals surface area contributed by atoms with Gasteiger partial charge in [0.15, 0.2) is 29.3 Å². The third kappa shape index (κ3) is 6.77. The van der Waals surface area contributed by atoms with Crippen molar-refractivity contribution in [2.45, 2.75) is 50.7 Å². The van der Waals surface area contributed by atoms with Crippen LogP contribution in [0.3, 0.4) is 0 Å². The highest BCUT2D eigenvalue weighted by Gasteiger charge is 2.49. The van der Waals surface area contributed by atoms with E-state index in [1.54, 1.807) is 13.8 Å². The summed E-state index contributed by atoms with van der Waals surface area (Å²) in [5, 5.41) is 11.0. The topological polar surface area (TPSA) is 284 Å². The van der Waals surface area contributed by atoms with Crippen molar-refractivity contribution in [1.29, 1.82) is 0 Å². The summed E-state index contributed by atoms with van der Waals surface area (Å²) in [4.78, 5) is 52.8. The Hall–Kier alpha value is -2.40. The first-order valence-electron chi connectivity index (χ1n) is 13.7. The number of nitrogens with zero attached hydrogens (tertiary/aromatic N) is 6. The lowest BCUT2D eigenvalue weighted by atomic mass is 10.0. The van der Waals surface area contributed by atoms with Gasteiger partial charge in [0.2, 0.25) is 5.95 Å². The van der Waals surface area contributed by atoms with Gasteiger partial charge in [-0.3, -0.25) is 37.3 Å². The lowest BCUT2D eigenvalue weighted by Crippen LogP contribution is -2.29. The van der Waals surface area contributed by atoms with Gasteiger partial charge < -0.3 is 30.9 Å². The summed E-state index contributed by atoms with van der Waals surface area (Å²) in [6.45, 7) is -5.95. The fourth-order valence-corrected chi connectivity index (χ4v) is 8.36. The van der Waals surface area contributed by atoms with Crippen molar-refractivity contribution in [1.82, 2.24) is 34.1 Å². The summed E-state index contributed by atoms with van der Waals surface area (Å²) in [7, 11) is 0. The number of thiazole rings is 1. The molecule has 6 heterocycles. The number of nitrogens with two attached hydrogens (primary N) is 2. The van der Waals surface area contributed by atoms with Crippen LogP contribution in [-0.2, 0) is 32.2 Å². The van der Waals surface area contributed by atoms with Crippen molar-refractivity contribution < 1.29 is 42.2 Å². The predicted molar refractivity (Wildman–Crippen MR) is 173 cm³/mol. The Morgan fingerprint density at radius 3 is 2.45 bits per heavy atom. The molecule has 20 nitrogen and oxygen atoms in total. The van der Waals surface area contributed by atoms with Gasteiger partial charge in [0.1, 0.15) is 29.1 Å². The molecule has 4 aromatic rings. The van der Waals surface area contributed by atoms with E-state index in [9.17, 15) is 28.7 Å². The molecule has 4 unspecified atom stereocenters. The Morgan fingerprint density at radius 2 is 1.72 bits per heavy atom. The van der Waals surface area contributed by atoms with E-state index in [1.807, 2.05) is 0 Å². The third-order valence-electron chi connectivity index (χ3n) is 7.90. The molecule has 256 valence electrons. The molecular weight excluding hydrogens is 724 g/mol. The number of hydrogen-bond donors (Lipinski definition) is 7. The maximum atomic E-state index is 13.7. The van der Waals surface area contributed by atoms with Crippen LogP contribution in [0.4, 0.5) is 11.8 Å². The smallest absolute Gasteiger partial charge is 0.386 e. The Bertz CT molecular complexity index is 2040. The van der Waals surface area contributed by atoms with Crippen molar-refractivity contribution in [2.24, 2.45) is 11.8 Å². The first kappa shape index (κ1) is 34.5. The quantitative estimate of drug-likeness (QED) is 0.0880. The molecule has 0 bridgehead atoms. The average molecular weight is 754 g/mol. The van der Waals surface area contributed by atoms with Crippen LogP contribution in [0.2, 0.25) is 0 Å². The molecule has 10 atom stereocenters. The minimum Gasteiger partial charge on any atom is -0.388 e. The highest BCUT2D eigenvalue weighted by molar-refractivity contribution is 8.44. The molecule has 0 aromatic carbocycles. The van der Waals surface area contributed by atoms with Crippen LogP contribution in [0, 0.1) is 11.8 Å². The number of aromatic nitrogens is 7. The Balaban J connectivity index is 1.22. The van der Waals surface area contributed by atoms with E-state index < -0.39 is 79.3 Å². The van der Waals surface area contributed by atoms with Gasteiger partial charge in [0, 0.05) is 11.8 Å². The number of aromatic amines is 1. The van der Waals surface area contributed by atoms with Crippen molar-refractivity contribution in [3.8, 4) is 0 Å². The SMILES string of the molecule is CC1[C@@H](COP(=O)(O)S)O[C@@H](n2cnc3c(=O)[nH]c(N)nc32)[C@H]1OP(=O)(S)OC[C@H]1O[C@@H](n2c(=O)sc3c(N)ncnc32)C(O)[C@H]1C. The molecule has 0 aliphatic carbocycles. The molecule has 2 aliphatic rings. The van der Waals surface area contributed by atoms with Crippen LogP contribution in [-0.4, -0.2) is 81.7 Å². The fourth-order valence-electron chi connectivity index (χ4n) is 5.43. The van der Waals surface area contributed by atoms with Crippen molar-refractivity contribution in [3.05, 3.63) is 32.7 Å².